The minimum atomic E-state index is -0.539. The largest absolute Gasteiger partial charge is 0.465 e. The van der Waals surface area contributed by atoms with E-state index in [0.29, 0.717) is 6.61 Å². The van der Waals surface area contributed by atoms with Crippen LogP contribution >= 0.6 is 0 Å². The fraction of sp³-hybridized carbons (Fsp3) is 0.941. The smallest absolute Gasteiger partial charge is 0.326 e. The topological polar surface area (TPSA) is 41.6 Å². The van der Waals surface area contributed by atoms with Gasteiger partial charge in [-0.1, -0.05) is 19.8 Å². The zero-order chi connectivity index (χ0) is 15.7. The Hall–Kier alpha value is -0.610. The zero-order valence-electron chi connectivity index (χ0n) is 14.4. The van der Waals surface area contributed by atoms with Crippen LogP contribution in [0.25, 0.3) is 0 Å². The lowest BCUT2D eigenvalue weighted by molar-refractivity contribution is -0.150. The molecule has 0 amide bonds. The molecule has 1 atom stereocenters. The quantitative estimate of drug-likeness (QED) is 0.630. The third-order valence-electron chi connectivity index (χ3n) is 4.63. The van der Waals surface area contributed by atoms with Gasteiger partial charge in [0.25, 0.3) is 0 Å². The lowest BCUT2D eigenvalue weighted by Gasteiger charge is -2.30. The van der Waals surface area contributed by atoms with Gasteiger partial charge in [0.15, 0.2) is 0 Å². The van der Waals surface area contributed by atoms with Gasteiger partial charge in [-0.3, -0.25) is 4.79 Å². The lowest BCUT2D eigenvalue weighted by atomic mass is 9.95. The maximum atomic E-state index is 12.2. The van der Waals surface area contributed by atoms with Gasteiger partial charge in [0.2, 0.25) is 0 Å². The van der Waals surface area contributed by atoms with E-state index in [-0.39, 0.29) is 5.97 Å². The van der Waals surface area contributed by atoms with E-state index in [0.717, 1.165) is 38.4 Å². The Labute approximate surface area is 130 Å². The van der Waals surface area contributed by atoms with Gasteiger partial charge < -0.3 is 15.0 Å². The number of hydrogen-bond donors (Lipinski definition) is 1. The Kier molecular flexibility index (Phi) is 8.27. The summed E-state index contributed by atoms with van der Waals surface area (Å²) in [5.41, 5.74) is -0.539. The summed E-state index contributed by atoms with van der Waals surface area (Å²) in [5, 5.41) is 3.38. The first-order chi connectivity index (χ1) is 10.0. The third-order valence-corrected chi connectivity index (χ3v) is 4.63. The Morgan fingerprint density at radius 1 is 1.33 bits per heavy atom. The van der Waals surface area contributed by atoms with Crippen LogP contribution in [0.1, 0.15) is 65.7 Å². The van der Waals surface area contributed by atoms with Gasteiger partial charge in [0.1, 0.15) is 5.54 Å². The first-order valence-electron chi connectivity index (χ1n) is 8.66. The number of rotatable bonds is 10. The summed E-state index contributed by atoms with van der Waals surface area (Å²) in [4.78, 5) is 14.7. The molecule has 0 bridgehead atoms. The van der Waals surface area contributed by atoms with Crippen LogP contribution in [0.3, 0.4) is 0 Å². The molecule has 1 unspecified atom stereocenters. The van der Waals surface area contributed by atoms with Crippen molar-refractivity contribution in [1.29, 1.82) is 0 Å². The Balaban J connectivity index is 2.42. The summed E-state index contributed by atoms with van der Waals surface area (Å²) in [6, 6.07) is 0.752. The zero-order valence-corrected chi connectivity index (χ0v) is 14.4. The second kappa shape index (κ2) is 9.42. The average molecular weight is 298 g/mol. The predicted octanol–water partition coefficient (Wildman–Crippen LogP) is 2.96. The minimum absolute atomic E-state index is 0.109. The van der Waals surface area contributed by atoms with Crippen molar-refractivity contribution in [1.82, 2.24) is 10.2 Å². The molecular formula is C17H34N2O2. The molecule has 0 aromatic carbocycles. The Bertz CT molecular complexity index is 303. The van der Waals surface area contributed by atoms with Crippen LogP contribution in [-0.4, -0.2) is 49.2 Å². The average Bonchev–Trinajstić information content (AvgIpc) is 2.99. The van der Waals surface area contributed by atoms with E-state index in [4.69, 9.17) is 4.74 Å². The van der Waals surface area contributed by atoms with Crippen LogP contribution in [-0.2, 0) is 9.53 Å². The van der Waals surface area contributed by atoms with Crippen molar-refractivity contribution in [3.8, 4) is 0 Å². The summed E-state index contributed by atoms with van der Waals surface area (Å²) in [5.74, 6) is -0.109. The fourth-order valence-electron chi connectivity index (χ4n) is 3.16. The van der Waals surface area contributed by atoms with Crippen LogP contribution in [0, 0.1) is 0 Å². The van der Waals surface area contributed by atoms with Gasteiger partial charge in [-0.05, 0) is 66.1 Å². The molecule has 0 aliphatic heterocycles. The molecule has 124 valence electrons. The highest BCUT2D eigenvalue weighted by Gasteiger charge is 2.33. The van der Waals surface area contributed by atoms with Crippen molar-refractivity contribution in [2.24, 2.45) is 0 Å². The molecule has 0 aromatic rings. The second-order valence-electron chi connectivity index (χ2n) is 6.50. The van der Waals surface area contributed by atoms with E-state index in [1.807, 2.05) is 13.8 Å². The molecule has 0 radical (unpaired) electrons. The molecule has 4 heteroatoms. The lowest BCUT2D eigenvalue weighted by Crippen LogP contribution is -2.51. The third kappa shape index (κ3) is 5.95. The number of carbonyl (C=O) groups excluding carboxylic acids is 1. The standard InChI is InChI=1S/C17H34N2O2/c1-5-13-18-17(3,16(20)21-6-2)12-9-14-19(4)15-10-7-8-11-15/h15,18H,5-14H2,1-4H3. The van der Waals surface area contributed by atoms with Gasteiger partial charge in [-0.15, -0.1) is 0 Å². The first-order valence-corrected chi connectivity index (χ1v) is 8.66. The highest BCUT2D eigenvalue weighted by Crippen LogP contribution is 2.23. The molecule has 1 rings (SSSR count). The maximum Gasteiger partial charge on any atom is 0.326 e. The van der Waals surface area contributed by atoms with Crippen LogP contribution in [0.4, 0.5) is 0 Å². The van der Waals surface area contributed by atoms with E-state index in [9.17, 15) is 4.79 Å². The summed E-state index contributed by atoms with van der Waals surface area (Å²) >= 11 is 0. The van der Waals surface area contributed by atoms with E-state index in [2.05, 4.69) is 24.2 Å². The molecule has 0 spiro atoms. The molecule has 1 saturated carbocycles. The van der Waals surface area contributed by atoms with Crippen molar-refractivity contribution in [3.05, 3.63) is 0 Å². The number of carbonyl (C=O) groups is 1. The number of nitrogens with zero attached hydrogens (tertiary/aromatic N) is 1. The first kappa shape index (κ1) is 18.4. The van der Waals surface area contributed by atoms with Gasteiger partial charge in [0.05, 0.1) is 6.61 Å². The van der Waals surface area contributed by atoms with Crippen LogP contribution in [0.5, 0.6) is 0 Å². The van der Waals surface area contributed by atoms with Gasteiger partial charge in [-0.25, -0.2) is 0 Å². The molecule has 0 aromatic heterocycles. The number of esters is 1. The number of ether oxygens (including phenoxy) is 1. The van der Waals surface area contributed by atoms with Gasteiger partial charge >= 0.3 is 5.97 Å². The molecule has 1 fully saturated rings. The van der Waals surface area contributed by atoms with Crippen LogP contribution in [0.2, 0.25) is 0 Å². The summed E-state index contributed by atoms with van der Waals surface area (Å²) < 4.78 is 5.25. The Morgan fingerprint density at radius 2 is 2.00 bits per heavy atom. The number of hydrogen-bond acceptors (Lipinski definition) is 4. The van der Waals surface area contributed by atoms with Crippen molar-refractivity contribution < 1.29 is 9.53 Å². The molecule has 1 N–H and O–H groups in total. The summed E-state index contributed by atoms with van der Waals surface area (Å²) in [6.45, 7) is 8.33. The van der Waals surface area contributed by atoms with E-state index < -0.39 is 5.54 Å². The van der Waals surface area contributed by atoms with Crippen LogP contribution in [0.15, 0.2) is 0 Å². The fourth-order valence-corrected chi connectivity index (χ4v) is 3.16. The van der Waals surface area contributed by atoms with E-state index in [1.54, 1.807) is 0 Å². The normalized spacial score (nSPS) is 18.9. The molecule has 0 heterocycles. The summed E-state index contributed by atoms with van der Waals surface area (Å²) in [6.07, 6.45) is 8.29. The Morgan fingerprint density at radius 3 is 2.57 bits per heavy atom. The highest BCUT2D eigenvalue weighted by atomic mass is 16.5. The van der Waals surface area contributed by atoms with Crippen molar-refractivity contribution in [2.45, 2.75) is 77.3 Å². The van der Waals surface area contributed by atoms with E-state index >= 15 is 0 Å². The van der Waals surface area contributed by atoms with E-state index in [1.165, 1.54) is 25.7 Å². The molecular weight excluding hydrogens is 264 g/mol. The maximum absolute atomic E-state index is 12.2. The van der Waals surface area contributed by atoms with Gasteiger partial charge in [0, 0.05) is 6.04 Å². The second-order valence-corrected chi connectivity index (χ2v) is 6.50. The van der Waals surface area contributed by atoms with Crippen molar-refractivity contribution in [3.63, 3.8) is 0 Å². The summed E-state index contributed by atoms with van der Waals surface area (Å²) in [7, 11) is 2.22. The highest BCUT2D eigenvalue weighted by molar-refractivity contribution is 5.80. The minimum Gasteiger partial charge on any atom is -0.465 e. The molecule has 4 nitrogen and oxygen atoms in total. The SMILES string of the molecule is CCCNC(C)(CCCN(C)C1CCCC1)C(=O)OCC. The van der Waals surface area contributed by atoms with Crippen molar-refractivity contribution >= 4 is 5.97 Å². The van der Waals surface area contributed by atoms with Gasteiger partial charge in [-0.2, -0.15) is 0 Å². The predicted molar refractivity (Wildman–Crippen MR) is 87.5 cm³/mol. The van der Waals surface area contributed by atoms with Crippen LogP contribution < -0.4 is 5.32 Å². The molecule has 21 heavy (non-hydrogen) atoms. The monoisotopic (exact) mass is 298 g/mol. The molecule has 0 saturated heterocycles. The number of nitrogens with one attached hydrogen (secondary N) is 1. The van der Waals surface area contributed by atoms with Crippen molar-refractivity contribution in [2.75, 3.05) is 26.7 Å². The molecule has 1 aliphatic rings. The molecule has 1 aliphatic carbocycles.